The average molecular weight is 511 g/mol. The summed E-state index contributed by atoms with van der Waals surface area (Å²) in [6.07, 6.45) is 25.5. The van der Waals surface area contributed by atoms with Crippen molar-refractivity contribution in [3.63, 3.8) is 0 Å². The summed E-state index contributed by atoms with van der Waals surface area (Å²) in [4.78, 5) is 23.6. The maximum absolute atomic E-state index is 11.8. The fraction of sp³-hybridized carbons (Fsp3) is 0.933. The zero-order valence-electron chi connectivity index (χ0n) is 23.0. The number of hydrogen-bond donors (Lipinski definition) is 0. The number of epoxide rings is 2. The third-order valence-corrected chi connectivity index (χ3v) is 7.18. The van der Waals surface area contributed by atoms with Crippen LogP contribution in [0.3, 0.4) is 0 Å². The van der Waals surface area contributed by atoms with Gasteiger partial charge in [-0.25, -0.2) is 0 Å². The molecule has 2 saturated heterocycles. The Balaban J connectivity index is 1.21. The third-order valence-electron chi connectivity index (χ3n) is 7.18. The minimum atomic E-state index is -0.139. The fourth-order valence-corrected chi connectivity index (χ4v) is 4.59. The molecule has 2 atom stereocenters. The van der Waals surface area contributed by atoms with Crippen molar-refractivity contribution in [2.75, 3.05) is 26.4 Å². The summed E-state index contributed by atoms with van der Waals surface area (Å²) in [5, 5.41) is 0. The van der Waals surface area contributed by atoms with Crippen LogP contribution in [0.1, 0.15) is 141 Å². The van der Waals surface area contributed by atoms with Gasteiger partial charge in [0.1, 0.15) is 0 Å². The molecule has 2 aliphatic heterocycles. The van der Waals surface area contributed by atoms with Gasteiger partial charge in [-0.05, 0) is 38.5 Å². The number of ether oxygens (including phenoxy) is 4. The van der Waals surface area contributed by atoms with Crippen molar-refractivity contribution in [1.29, 1.82) is 0 Å². The molecule has 2 unspecified atom stereocenters. The van der Waals surface area contributed by atoms with Gasteiger partial charge < -0.3 is 18.9 Å². The Labute approximate surface area is 220 Å². The van der Waals surface area contributed by atoms with Crippen LogP contribution in [0.5, 0.6) is 0 Å². The first-order valence-electron chi connectivity index (χ1n) is 15.3. The lowest BCUT2D eigenvalue weighted by Gasteiger charge is -2.06. The molecule has 2 rings (SSSR count). The van der Waals surface area contributed by atoms with E-state index in [1.165, 1.54) is 89.9 Å². The molecule has 0 radical (unpaired) electrons. The van der Waals surface area contributed by atoms with E-state index in [0.717, 1.165) is 38.9 Å². The second-order valence-corrected chi connectivity index (χ2v) is 10.8. The van der Waals surface area contributed by atoms with Crippen molar-refractivity contribution in [1.82, 2.24) is 0 Å². The smallest absolute Gasteiger partial charge is 0.305 e. The van der Waals surface area contributed by atoms with Gasteiger partial charge in [-0.3, -0.25) is 9.59 Å². The first kappa shape index (κ1) is 31.1. The Hall–Kier alpha value is -1.14. The molecule has 0 bridgehead atoms. The Kier molecular flexibility index (Phi) is 18.9. The van der Waals surface area contributed by atoms with Crippen LogP contribution in [0.25, 0.3) is 0 Å². The largest absolute Gasteiger partial charge is 0.466 e. The normalized spacial score (nSPS) is 18.2. The molecule has 210 valence electrons. The van der Waals surface area contributed by atoms with Crippen LogP contribution in [0, 0.1) is 0 Å². The monoisotopic (exact) mass is 510 g/mol. The van der Waals surface area contributed by atoms with Crippen LogP contribution in [-0.2, 0) is 28.5 Å². The number of rotatable bonds is 27. The van der Waals surface area contributed by atoms with Gasteiger partial charge in [0, 0.05) is 12.8 Å². The van der Waals surface area contributed by atoms with Gasteiger partial charge in [0.25, 0.3) is 0 Å². The quantitative estimate of drug-likeness (QED) is 0.0648. The highest BCUT2D eigenvalue weighted by Gasteiger charge is 2.21. The van der Waals surface area contributed by atoms with Crippen LogP contribution in [-0.4, -0.2) is 50.6 Å². The Morgan fingerprint density at radius 3 is 1.11 bits per heavy atom. The maximum atomic E-state index is 11.8. The summed E-state index contributed by atoms with van der Waals surface area (Å²) >= 11 is 0. The van der Waals surface area contributed by atoms with Crippen LogP contribution < -0.4 is 0 Å². The van der Waals surface area contributed by atoms with E-state index >= 15 is 0 Å². The Morgan fingerprint density at radius 2 is 0.778 bits per heavy atom. The maximum Gasteiger partial charge on any atom is 0.305 e. The highest BCUT2D eigenvalue weighted by Crippen LogP contribution is 2.19. The average Bonchev–Trinajstić information content (AvgIpc) is 3.79. The van der Waals surface area contributed by atoms with E-state index in [9.17, 15) is 9.59 Å². The van der Waals surface area contributed by atoms with Gasteiger partial charge in [0.2, 0.25) is 0 Å². The molecular formula is C30H54O6. The summed E-state index contributed by atoms with van der Waals surface area (Å²) in [6, 6.07) is 0. The van der Waals surface area contributed by atoms with Crippen molar-refractivity contribution in [2.24, 2.45) is 0 Å². The number of unbranched alkanes of at least 4 members (excludes halogenated alkanes) is 15. The second kappa shape index (κ2) is 21.9. The van der Waals surface area contributed by atoms with Crippen LogP contribution in [0.15, 0.2) is 0 Å². The number of carbonyl (C=O) groups excluding carboxylic acids is 2. The zero-order chi connectivity index (χ0) is 25.5. The highest BCUT2D eigenvalue weighted by atomic mass is 16.6. The first-order chi connectivity index (χ1) is 17.7. The topological polar surface area (TPSA) is 77.7 Å². The first-order valence-corrected chi connectivity index (χ1v) is 15.3. The molecule has 6 nitrogen and oxygen atoms in total. The Morgan fingerprint density at radius 1 is 0.472 bits per heavy atom. The zero-order valence-corrected chi connectivity index (χ0v) is 23.0. The van der Waals surface area contributed by atoms with Gasteiger partial charge in [-0.15, -0.1) is 0 Å². The lowest BCUT2D eigenvalue weighted by molar-refractivity contribution is -0.146. The van der Waals surface area contributed by atoms with E-state index < -0.39 is 0 Å². The van der Waals surface area contributed by atoms with Gasteiger partial charge in [-0.2, -0.15) is 0 Å². The van der Waals surface area contributed by atoms with Gasteiger partial charge in [-0.1, -0.05) is 89.9 Å². The lowest BCUT2D eigenvalue weighted by Crippen LogP contribution is -2.08. The van der Waals surface area contributed by atoms with Crippen LogP contribution in [0.2, 0.25) is 0 Å². The highest BCUT2D eigenvalue weighted by molar-refractivity contribution is 5.70. The van der Waals surface area contributed by atoms with E-state index in [2.05, 4.69) is 0 Å². The molecule has 0 aromatic rings. The predicted molar refractivity (Wildman–Crippen MR) is 143 cm³/mol. The number of hydrogen-bond acceptors (Lipinski definition) is 6. The second-order valence-electron chi connectivity index (χ2n) is 10.8. The third kappa shape index (κ3) is 21.0. The molecule has 0 aromatic heterocycles. The van der Waals surface area contributed by atoms with Crippen molar-refractivity contribution in [2.45, 2.75) is 153 Å². The summed E-state index contributed by atoms with van der Waals surface area (Å²) in [6.45, 7) is 3.02. The van der Waals surface area contributed by atoms with Crippen LogP contribution >= 0.6 is 0 Å². The minimum absolute atomic E-state index is 0.139. The molecule has 36 heavy (non-hydrogen) atoms. The molecule has 2 heterocycles. The van der Waals surface area contributed by atoms with E-state index in [0.29, 0.717) is 51.1 Å². The molecular weight excluding hydrogens is 456 g/mol. The van der Waals surface area contributed by atoms with E-state index in [1.54, 1.807) is 0 Å². The van der Waals surface area contributed by atoms with Crippen molar-refractivity contribution in [3.05, 3.63) is 0 Å². The van der Waals surface area contributed by atoms with Crippen molar-refractivity contribution >= 4 is 11.9 Å². The summed E-state index contributed by atoms with van der Waals surface area (Å²) in [7, 11) is 0. The van der Waals surface area contributed by atoms with Gasteiger partial charge in [0.05, 0.1) is 38.6 Å². The molecule has 0 amide bonds. The minimum Gasteiger partial charge on any atom is -0.466 e. The fourth-order valence-electron chi connectivity index (χ4n) is 4.59. The Bertz CT molecular complexity index is 496. The summed E-state index contributed by atoms with van der Waals surface area (Å²) in [5.41, 5.74) is 0. The molecule has 0 saturated carbocycles. The molecule has 0 aromatic carbocycles. The van der Waals surface area contributed by atoms with Crippen molar-refractivity contribution in [3.8, 4) is 0 Å². The molecule has 0 aliphatic carbocycles. The molecule has 0 N–H and O–H groups in total. The summed E-state index contributed by atoms with van der Waals surface area (Å²) < 4.78 is 21.1. The van der Waals surface area contributed by atoms with Crippen molar-refractivity contribution < 1.29 is 28.5 Å². The van der Waals surface area contributed by atoms with Gasteiger partial charge >= 0.3 is 11.9 Å². The number of esters is 2. The van der Waals surface area contributed by atoms with Gasteiger partial charge in [0.15, 0.2) is 0 Å². The van der Waals surface area contributed by atoms with E-state index in [1.807, 2.05) is 0 Å². The molecule has 6 heteroatoms. The summed E-state index contributed by atoms with van der Waals surface area (Å²) in [5.74, 6) is -0.278. The number of carbonyl (C=O) groups is 2. The molecule has 0 spiro atoms. The molecule has 2 fully saturated rings. The predicted octanol–water partition coefficient (Wildman–Crippen LogP) is 7.45. The molecule has 2 aliphatic rings. The lowest BCUT2D eigenvalue weighted by atomic mass is 10.1. The SMILES string of the molecule is O=C(CCCCC(=O)OCCCCCCCCCCC1CO1)OCCCCCCCCCCC1CO1. The van der Waals surface area contributed by atoms with E-state index in [4.69, 9.17) is 18.9 Å². The standard InChI is InChI=1S/C30H54O6/c31-29(33-23-17-11-7-3-1-5-9-13-19-27-25-35-27)21-15-16-22-30(32)34-24-18-12-8-4-2-6-10-14-20-28-26-36-28/h27-28H,1-26H2. The van der Waals surface area contributed by atoms with Crippen LogP contribution in [0.4, 0.5) is 0 Å². The van der Waals surface area contributed by atoms with E-state index in [-0.39, 0.29) is 11.9 Å².